The second kappa shape index (κ2) is 7.77. The van der Waals surface area contributed by atoms with E-state index in [1.165, 1.54) is 19.4 Å². The Labute approximate surface area is 143 Å². The molecule has 0 bridgehead atoms. The van der Waals surface area contributed by atoms with Gasteiger partial charge in [-0.05, 0) is 18.7 Å². The van der Waals surface area contributed by atoms with E-state index in [9.17, 15) is 9.59 Å². The summed E-state index contributed by atoms with van der Waals surface area (Å²) in [4.78, 5) is 23.9. The largest absolute Gasteiger partial charge is 0.464 e. The lowest BCUT2D eigenvalue weighted by atomic mass is 10.2. The van der Waals surface area contributed by atoms with Gasteiger partial charge < -0.3 is 9.30 Å². The molecule has 0 amide bonds. The molecule has 1 unspecified atom stereocenters. The maximum atomic E-state index is 12.0. The van der Waals surface area contributed by atoms with Gasteiger partial charge in [-0.3, -0.25) is 4.79 Å². The van der Waals surface area contributed by atoms with Crippen molar-refractivity contribution >= 4 is 58.3 Å². The van der Waals surface area contributed by atoms with E-state index in [1.807, 2.05) is 13.8 Å². The molecule has 21 heavy (non-hydrogen) atoms. The minimum absolute atomic E-state index is 0.000904. The highest BCUT2D eigenvalue weighted by Gasteiger charge is 2.33. The van der Waals surface area contributed by atoms with Crippen LogP contribution in [0.4, 0.5) is 0 Å². The van der Waals surface area contributed by atoms with Crippen molar-refractivity contribution in [1.82, 2.24) is 4.57 Å². The van der Waals surface area contributed by atoms with Gasteiger partial charge in [0.1, 0.15) is 5.69 Å². The molecule has 1 aromatic heterocycles. The van der Waals surface area contributed by atoms with E-state index in [0.717, 1.165) is 11.5 Å². The molecule has 0 N–H and O–H groups in total. The molecular formula is C13H16Cl3NO3S. The number of carbonyl (C=O) groups is 2. The number of aromatic nitrogens is 1. The first-order valence-corrected chi connectivity index (χ1v) is 8.50. The first-order valence-electron chi connectivity index (χ1n) is 6.21. The standard InChI is InChI=1S/C13H16Cl3NO3S/c1-4-21-7-8(2)17-6-9(11(18)13(14,15)16)5-10(17)12(19)20-3/h5-6,8H,4,7H2,1-3H3. The quantitative estimate of drug-likeness (QED) is 0.428. The predicted octanol–water partition coefficient (Wildman–Crippen LogP) is 4.14. The molecule has 1 aromatic rings. The van der Waals surface area contributed by atoms with Crippen LogP contribution in [0.2, 0.25) is 0 Å². The highest BCUT2D eigenvalue weighted by Crippen LogP contribution is 2.32. The molecule has 1 heterocycles. The smallest absolute Gasteiger partial charge is 0.354 e. The molecule has 0 aliphatic rings. The molecule has 1 rings (SSSR count). The molecule has 0 fully saturated rings. The first kappa shape index (κ1) is 18.7. The topological polar surface area (TPSA) is 48.3 Å². The number of esters is 1. The van der Waals surface area contributed by atoms with Gasteiger partial charge in [0.2, 0.25) is 5.78 Å². The number of Topliss-reactive ketones (excluding diaryl/α,β-unsaturated/α-hetero) is 1. The Hall–Kier alpha value is -0.360. The Bertz CT molecular complexity index is 525. The second-order valence-corrected chi connectivity index (χ2v) is 7.95. The molecule has 0 saturated carbocycles. The third-order valence-corrected chi connectivity index (χ3v) is 4.44. The van der Waals surface area contributed by atoms with Gasteiger partial charge in [-0.1, -0.05) is 41.7 Å². The maximum Gasteiger partial charge on any atom is 0.354 e. The van der Waals surface area contributed by atoms with Crippen LogP contribution in [0.15, 0.2) is 12.3 Å². The van der Waals surface area contributed by atoms with Crippen molar-refractivity contribution in [2.24, 2.45) is 0 Å². The molecule has 0 spiro atoms. The van der Waals surface area contributed by atoms with Gasteiger partial charge in [0.15, 0.2) is 0 Å². The van der Waals surface area contributed by atoms with Crippen molar-refractivity contribution in [3.05, 3.63) is 23.5 Å². The summed E-state index contributed by atoms with van der Waals surface area (Å²) in [5, 5.41) is 0. The van der Waals surface area contributed by atoms with E-state index >= 15 is 0 Å². The Morgan fingerprint density at radius 1 is 1.43 bits per heavy atom. The highest BCUT2D eigenvalue weighted by molar-refractivity contribution is 7.99. The van der Waals surface area contributed by atoms with Gasteiger partial charge >= 0.3 is 5.97 Å². The van der Waals surface area contributed by atoms with E-state index in [-0.39, 0.29) is 17.3 Å². The van der Waals surface area contributed by atoms with Crippen LogP contribution in [0.25, 0.3) is 0 Å². The van der Waals surface area contributed by atoms with Crippen molar-refractivity contribution in [1.29, 1.82) is 0 Å². The van der Waals surface area contributed by atoms with Crippen LogP contribution in [0, 0.1) is 0 Å². The molecule has 4 nitrogen and oxygen atoms in total. The number of alkyl halides is 3. The summed E-state index contributed by atoms with van der Waals surface area (Å²) in [5.74, 6) is 0.536. The average Bonchev–Trinajstić information content (AvgIpc) is 2.86. The van der Waals surface area contributed by atoms with Crippen LogP contribution < -0.4 is 0 Å². The summed E-state index contributed by atoms with van der Waals surface area (Å²) in [5.41, 5.74) is 0.433. The molecule has 1 atom stereocenters. The first-order chi connectivity index (χ1) is 9.72. The van der Waals surface area contributed by atoms with Crippen molar-refractivity contribution in [3.63, 3.8) is 0 Å². The number of halogens is 3. The van der Waals surface area contributed by atoms with Crippen LogP contribution >= 0.6 is 46.6 Å². The fourth-order valence-corrected chi connectivity index (χ4v) is 2.83. The lowest BCUT2D eigenvalue weighted by Crippen LogP contribution is -2.18. The zero-order valence-electron chi connectivity index (χ0n) is 11.9. The number of carbonyl (C=O) groups excluding carboxylic acids is 2. The summed E-state index contributed by atoms with van der Waals surface area (Å²) in [7, 11) is 1.28. The van der Waals surface area contributed by atoms with Gasteiger partial charge in [0, 0.05) is 23.6 Å². The van der Waals surface area contributed by atoms with E-state index in [1.54, 1.807) is 16.3 Å². The normalized spacial score (nSPS) is 13.0. The summed E-state index contributed by atoms with van der Waals surface area (Å²) >= 11 is 18.6. The van der Waals surface area contributed by atoms with Crippen LogP contribution in [0.3, 0.4) is 0 Å². The molecule has 0 saturated heterocycles. The van der Waals surface area contributed by atoms with Gasteiger partial charge in [0.05, 0.1) is 7.11 Å². The number of ketones is 1. The van der Waals surface area contributed by atoms with Crippen LogP contribution in [0.5, 0.6) is 0 Å². The minimum Gasteiger partial charge on any atom is -0.464 e. The Morgan fingerprint density at radius 3 is 2.52 bits per heavy atom. The zero-order chi connectivity index (χ0) is 16.2. The fraction of sp³-hybridized carbons (Fsp3) is 0.538. The Kier molecular flexibility index (Phi) is 6.91. The molecule has 0 radical (unpaired) electrons. The summed E-state index contributed by atoms with van der Waals surface area (Å²) in [6, 6.07) is 1.39. The monoisotopic (exact) mass is 371 g/mol. The summed E-state index contributed by atoms with van der Waals surface area (Å²) in [6.45, 7) is 3.99. The number of hydrogen-bond donors (Lipinski definition) is 0. The summed E-state index contributed by atoms with van der Waals surface area (Å²) in [6.07, 6.45) is 1.53. The number of thioether (sulfide) groups is 1. The number of nitrogens with zero attached hydrogens (tertiary/aromatic N) is 1. The third-order valence-electron chi connectivity index (χ3n) is 2.80. The fourth-order valence-electron chi connectivity index (χ4n) is 1.77. The highest BCUT2D eigenvalue weighted by atomic mass is 35.6. The van der Waals surface area contributed by atoms with Crippen molar-refractivity contribution in [3.8, 4) is 0 Å². The van der Waals surface area contributed by atoms with Gasteiger partial charge in [-0.25, -0.2) is 4.79 Å². The van der Waals surface area contributed by atoms with E-state index in [2.05, 4.69) is 0 Å². The van der Waals surface area contributed by atoms with Crippen molar-refractivity contribution in [2.75, 3.05) is 18.6 Å². The molecule has 0 aliphatic heterocycles. The minimum atomic E-state index is -2.05. The van der Waals surface area contributed by atoms with E-state index in [4.69, 9.17) is 39.5 Å². The average molecular weight is 373 g/mol. The molecule has 118 valence electrons. The van der Waals surface area contributed by atoms with Gasteiger partial charge in [0.25, 0.3) is 3.79 Å². The van der Waals surface area contributed by atoms with Crippen LogP contribution in [-0.4, -0.2) is 38.7 Å². The number of methoxy groups -OCH3 is 1. The van der Waals surface area contributed by atoms with Crippen molar-refractivity contribution in [2.45, 2.75) is 23.7 Å². The molecule has 8 heteroatoms. The Morgan fingerprint density at radius 2 is 2.05 bits per heavy atom. The van der Waals surface area contributed by atoms with Gasteiger partial charge in [-0.2, -0.15) is 11.8 Å². The van der Waals surface area contributed by atoms with E-state index < -0.39 is 15.5 Å². The SMILES string of the molecule is CCSCC(C)n1cc(C(=O)C(Cl)(Cl)Cl)cc1C(=O)OC. The van der Waals surface area contributed by atoms with E-state index in [0.29, 0.717) is 0 Å². The van der Waals surface area contributed by atoms with Crippen molar-refractivity contribution < 1.29 is 14.3 Å². The van der Waals surface area contributed by atoms with Crippen LogP contribution in [-0.2, 0) is 4.74 Å². The third kappa shape index (κ3) is 4.81. The second-order valence-electron chi connectivity index (χ2n) is 4.35. The number of ether oxygens (including phenoxy) is 1. The lowest BCUT2D eigenvalue weighted by Gasteiger charge is -2.15. The molecule has 0 aliphatic carbocycles. The van der Waals surface area contributed by atoms with Crippen LogP contribution in [0.1, 0.15) is 40.7 Å². The number of rotatable bonds is 6. The maximum absolute atomic E-state index is 12.0. The lowest BCUT2D eigenvalue weighted by molar-refractivity contribution is 0.0587. The zero-order valence-corrected chi connectivity index (χ0v) is 14.9. The predicted molar refractivity (Wildman–Crippen MR) is 88.1 cm³/mol. The summed E-state index contributed by atoms with van der Waals surface area (Å²) < 4.78 is 4.36. The Balaban J connectivity index is 3.19. The van der Waals surface area contributed by atoms with Gasteiger partial charge in [-0.15, -0.1) is 0 Å². The molecular weight excluding hydrogens is 357 g/mol. The number of hydrogen-bond acceptors (Lipinski definition) is 4. The molecule has 0 aromatic carbocycles.